The first kappa shape index (κ1) is 15.3. The fourth-order valence-electron chi connectivity index (χ4n) is 3.91. The van der Waals surface area contributed by atoms with Crippen LogP contribution in [-0.4, -0.2) is 32.1 Å². The van der Waals surface area contributed by atoms with E-state index in [2.05, 4.69) is 10.6 Å². The van der Waals surface area contributed by atoms with Crippen LogP contribution >= 0.6 is 0 Å². The van der Waals surface area contributed by atoms with Crippen molar-refractivity contribution in [1.29, 1.82) is 0 Å². The van der Waals surface area contributed by atoms with Crippen molar-refractivity contribution in [3.05, 3.63) is 29.8 Å². The van der Waals surface area contributed by atoms with Crippen LogP contribution in [0, 0.1) is 18.3 Å². The van der Waals surface area contributed by atoms with E-state index in [0.29, 0.717) is 19.1 Å². The molecule has 2 aliphatic rings. The highest BCUT2D eigenvalue weighted by atomic mass is 16.5. The Hall–Kier alpha value is -1.55. The average molecular weight is 302 g/mol. The monoisotopic (exact) mass is 302 g/mol. The molecule has 3 rings (SSSR count). The molecule has 0 spiro atoms. The van der Waals surface area contributed by atoms with Crippen molar-refractivity contribution < 1.29 is 9.53 Å². The molecule has 2 N–H and O–H groups in total. The summed E-state index contributed by atoms with van der Waals surface area (Å²) in [5, 5.41) is 6.52. The van der Waals surface area contributed by atoms with E-state index in [9.17, 15) is 4.79 Å². The van der Waals surface area contributed by atoms with E-state index >= 15 is 0 Å². The van der Waals surface area contributed by atoms with Crippen molar-refractivity contribution in [1.82, 2.24) is 10.6 Å². The van der Waals surface area contributed by atoms with Gasteiger partial charge in [0, 0.05) is 6.54 Å². The molecule has 1 aliphatic heterocycles. The average Bonchev–Trinajstić information content (AvgIpc) is 2.98. The normalized spacial score (nSPS) is 27.2. The van der Waals surface area contributed by atoms with Crippen LogP contribution in [-0.2, 0) is 4.79 Å². The van der Waals surface area contributed by atoms with Crippen molar-refractivity contribution in [2.75, 3.05) is 26.2 Å². The molecule has 0 aromatic heterocycles. The minimum Gasteiger partial charge on any atom is -0.491 e. The maximum absolute atomic E-state index is 12.7. The van der Waals surface area contributed by atoms with Gasteiger partial charge < -0.3 is 15.4 Å². The van der Waals surface area contributed by atoms with E-state index in [1.165, 1.54) is 19.3 Å². The van der Waals surface area contributed by atoms with Crippen molar-refractivity contribution >= 4 is 5.91 Å². The van der Waals surface area contributed by atoms with Gasteiger partial charge in [-0.2, -0.15) is 0 Å². The number of aryl methyl sites for hydroxylation is 1. The van der Waals surface area contributed by atoms with E-state index in [1.807, 2.05) is 31.2 Å². The Labute approximate surface area is 132 Å². The Morgan fingerprint density at radius 2 is 2.27 bits per heavy atom. The highest BCUT2D eigenvalue weighted by Crippen LogP contribution is 2.43. The van der Waals surface area contributed by atoms with Gasteiger partial charge in [0.2, 0.25) is 5.91 Å². The Bertz CT molecular complexity index is 532. The molecule has 1 aliphatic carbocycles. The lowest BCUT2D eigenvalue weighted by molar-refractivity contribution is -0.134. The summed E-state index contributed by atoms with van der Waals surface area (Å²) < 4.78 is 5.75. The number of carbonyl (C=O) groups is 1. The van der Waals surface area contributed by atoms with Crippen LogP contribution in [0.25, 0.3) is 0 Å². The molecule has 1 aromatic rings. The van der Waals surface area contributed by atoms with Crippen LogP contribution in [0.2, 0.25) is 0 Å². The number of ether oxygens (including phenoxy) is 1. The highest BCUT2D eigenvalue weighted by Gasteiger charge is 2.49. The van der Waals surface area contributed by atoms with E-state index in [1.54, 1.807) is 0 Å². The number of hydrogen-bond acceptors (Lipinski definition) is 3. The van der Waals surface area contributed by atoms with Gasteiger partial charge in [-0.3, -0.25) is 4.79 Å². The lowest BCUT2D eigenvalue weighted by atomic mass is 9.67. The zero-order chi connectivity index (χ0) is 15.4. The summed E-state index contributed by atoms with van der Waals surface area (Å²) in [5.41, 5.74) is 0.959. The summed E-state index contributed by atoms with van der Waals surface area (Å²) >= 11 is 0. The first-order valence-corrected chi connectivity index (χ1v) is 8.40. The van der Waals surface area contributed by atoms with E-state index < -0.39 is 0 Å². The number of fused-ring (bicyclic) bond motifs is 1. The van der Waals surface area contributed by atoms with Crippen molar-refractivity contribution in [2.45, 2.75) is 32.6 Å². The van der Waals surface area contributed by atoms with Crippen LogP contribution in [0.15, 0.2) is 24.3 Å². The van der Waals surface area contributed by atoms with Gasteiger partial charge >= 0.3 is 0 Å². The minimum absolute atomic E-state index is 0.166. The summed E-state index contributed by atoms with van der Waals surface area (Å²) in [5.74, 6) is 1.63. The lowest BCUT2D eigenvalue weighted by Gasteiger charge is -2.37. The van der Waals surface area contributed by atoms with Gasteiger partial charge in [0.15, 0.2) is 0 Å². The maximum Gasteiger partial charge on any atom is 0.227 e. The summed E-state index contributed by atoms with van der Waals surface area (Å²) in [6, 6.07) is 7.97. The van der Waals surface area contributed by atoms with Crippen LogP contribution in [0.3, 0.4) is 0 Å². The molecule has 1 aromatic carbocycles. The zero-order valence-electron chi connectivity index (χ0n) is 13.4. The highest BCUT2D eigenvalue weighted by molar-refractivity contribution is 5.83. The molecule has 0 bridgehead atoms. The largest absolute Gasteiger partial charge is 0.491 e. The summed E-state index contributed by atoms with van der Waals surface area (Å²) in [4.78, 5) is 12.7. The molecule has 2 atom stereocenters. The van der Waals surface area contributed by atoms with Gasteiger partial charge in [-0.1, -0.05) is 31.0 Å². The number of amides is 1. The molecule has 22 heavy (non-hydrogen) atoms. The number of benzene rings is 1. The number of nitrogens with one attached hydrogen (secondary N) is 2. The van der Waals surface area contributed by atoms with E-state index in [0.717, 1.165) is 30.8 Å². The first-order valence-electron chi connectivity index (χ1n) is 8.40. The van der Waals surface area contributed by atoms with Crippen LogP contribution < -0.4 is 15.4 Å². The van der Waals surface area contributed by atoms with Crippen LogP contribution in [0.1, 0.15) is 31.2 Å². The quantitative estimate of drug-likeness (QED) is 0.820. The lowest BCUT2D eigenvalue weighted by Crippen LogP contribution is -2.48. The molecule has 4 nitrogen and oxygen atoms in total. The Morgan fingerprint density at radius 3 is 3.14 bits per heavy atom. The summed E-state index contributed by atoms with van der Waals surface area (Å²) in [6.45, 7) is 4.95. The molecular weight excluding hydrogens is 276 g/mol. The third kappa shape index (κ3) is 2.98. The van der Waals surface area contributed by atoms with Gasteiger partial charge in [0.05, 0.1) is 12.0 Å². The molecule has 1 saturated heterocycles. The SMILES string of the molecule is Cc1ccccc1OCCNC(=O)[C@@]12CCCC[C@H]1CNC2. The van der Waals surface area contributed by atoms with Crippen molar-refractivity contribution in [3.63, 3.8) is 0 Å². The predicted octanol–water partition coefficient (Wildman–Crippen LogP) is 2.27. The Kier molecular flexibility index (Phi) is 4.67. The Morgan fingerprint density at radius 1 is 1.41 bits per heavy atom. The fourth-order valence-corrected chi connectivity index (χ4v) is 3.91. The molecule has 1 heterocycles. The molecular formula is C18H26N2O2. The van der Waals surface area contributed by atoms with Crippen LogP contribution in [0.4, 0.5) is 0 Å². The molecule has 0 radical (unpaired) electrons. The molecule has 2 fully saturated rings. The van der Waals surface area contributed by atoms with Crippen molar-refractivity contribution in [2.24, 2.45) is 11.3 Å². The molecule has 120 valence electrons. The Balaban J connectivity index is 1.49. The van der Waals surface area contributed by atoms with Crippen LogP contribution in [0.5, 0.6) is 5.75 Å². The number of para-hydroxylation sites is 1. The van der Waals surface area contributed by atoms with Gasteiger partial charge in [-0.25, -0.2) is 0 Å². The molecule has 1 amide bonds. The van der Waals surface area contributed by atoms with E-state index in [4.69, 9.17) is 4.74 Å². The number of hydrogen-bond donors (Lipinski definition) is 2. The smallest absolute Gasteiger partial charge is 0.227 e. The standard InChI is InChI=1S/C18H26N2O2/c1-14-6-2-3-8-16(14)22-11-10-20-17(21)18-9-5-4-7-15(18)12-19-13-18/h2-3,6,8,15,19H,4-5,7,9-13H2,1H3,(H,20,21)/t15-,18+/m0/s1. The molecule has 0 unspecified atom stereocenters. The molecule has 1 saturated carbocycles. The van der Waals surface area contributed by atoms with Gasteiger partial charge in [-0.05, 0) is 43.9 Å². The predicted molar refractivity (Wildman–Crippen MR) is 86.9 cm³/mol. The summed E-state index contributed by atoms with van der Waals surface area (Å²) in [6.07, 6.45) is 4.64. The maximum atomic E-state index is 12.7. The van der Waals surface area contributed by atoms with Gasteiger partial charge in [0.1, 0.15) is 12.4 Å². The zero-order valence-corrected chi connectivity index (χ0v) is 13.4. The second kappa shape index (κ2) is 6.69. The third-order valence-electron chi connectivity index (χ3n) is 5.23. The van der Waals surface area contributed by atoms with Gasteiger partial charge in [-0.15, -0.1) is 0 Å². The van der Waals surface area contributed by atoms with E-state index in [-0.39, 0.29) is 11.3 Å². The third-order valence-corrected chi connectivity index (χ3v) is 5.23. The first-order chi connectivity index (χ1) is 10.7. The topological polar surface area (TPSA) is 50.4 Å². The van der Waals surface area contributed by atoms with Crippen molar-refractivity contribution in [3.8, 4) is 5.75 Å². The second-order valence-electron chi connectivity index (χ2n) is 6.60. The van der Waals surface area contributed by atoms with Gasteiger partial charge in [0.25, 0.3) is 0 Å². The number of rotatable bonds is 5. The minimum atomic E-state index is -0.166. The summed E-state index contributed by atoms with van der Waals surface area (Å²) in [7, 11) is 0. The number of carbonyl (C=O) groups excluding carboxylic acids is 1. The second-order valence-corrected chi connectivity index (χ2v) is 6.60. The molecule has 4 heteroatoms. The fraction of sp³-hybridized carbons (Fsp3) is 0.611.